The van der Waals surface area contributed by atoms with Crippen LogP contribution in [0.1, 0.15) is 33.3 Å². The van der Waals surface area contributed by atoms with Gasteiger partial charge in [-0.25, -0.2) is 0 Å². The minimum absolute atomic E-state index is 0.00440. The molecular weight excluding hydrogens is 386 g/mol. The molecule has 1 aromatic carbocycles. The van der Waals surface area contributed by atoms with Crippen molar-refractivity contribution in [3.05, 3.63) is 26.6 Å². The number of aromatic hydroxyl groups is 1. The molecule has 0 saturated carbocycles. The molecule has 3 nitrogen and oxygen atoms in total. The van der Waals surface area contributed by atoms with Crippen LogP contribution in [0, 0.1) is 5.92 Å². The molecule has 0 radical (unpaired) electrons. The Kier molecular flexibility index (Phi) is 6.69. The van der Waals surface area contributed by atoms with Gasteiger partial charge < -0.3 is 10.4 Å². The van der Waals surface area contributed by atoms with Crippen LogP contribution in [0.5, 0.6) is 5.75 Å². The predicted molar refractivity (Wildman–Crippen MR) is 89.1 cm³/mol. The average Bonchev–Trinajstić information content (AvgIpc) is 2.33. The number of carbonyl (C=O) groups excluding carboxylic acids is 1. The van der Waals surface area contributed by atoms with Gasteiger partial charge in [-0.05, 0) is 56.0 Å². The number of hydrogen-bond acceptors (Lipinski definition) is 3. The number of phenols is 1. The maximum absolute atomic E-state index is 12.3. The van der Waals surface area contributed by atoms with E-state index in [1.54, 1.807) is 0 Å². The van der Waals surface area contributed by atoms with Crippen molar-refractivity contribution in [1.82, 2.24) is 5.32 Å². The minimum atomic E-state index is -0.210. The molecule has 0 fully saturated rings. The van der Waals surface area contributed by atoms with Crippen molar-refractivity contribution in [3.63, 3.8) is 0 Å². The van der Waals surface area contributed by atoms with Gasteiger partial charge in [0.1, 0.15) is 5.75 Å². The van der Waals surface area contributed by atoms with Crippen LogP contribution in [0.4, 0.5) is 0 Å². The number of benzene rings is 1. The molecule has 0 saturated heterocycles. The number of phenolic OH excluding ortho intramolecular Hbond substituents is 1. The monoisotopic (exact) mass is 405 g/mol. The first kappa shape index (κ1) is 17.7. The first-order valence-electron chi connectivity index (χ1n) is 6.69. The van der Waals surface area contributed by atoms with E-state index in [-0.39, 0.29) is 29.5 Å². The molecule has 0 unspecified atom stereocenters. The molecule has 0 aliphatic rings. The second kappa shape index (κ2) is 7.57. The van der Waals surface area contributed by atoms with Gasteiger partial charge in [0.15, 0.2) is 5.78 Å². The summed E-state index contributed by atoms with van der Waals surface area (Å²) in [5.74, 6) is 0.381. The Hall–Kier alpha value is -0.390. The van der Waals surface area contributed by atoms with Gasteiger partial charge in [-0.2, -0.15) is 0 Å². The normalized spacial score (nSPS) is 13.0. The highest BCUT2D eigenvalue weighted by Crippen LogP contribution is 2.33. The third kappa shape index (κ3) is 4.86. The van der Waals surface area contributed by atoms with Gasteiger partial charge in [-0.1, -0.05) is 27.7 Å². The van der Waals surface area contributed by atoms with Crippen LogP contribution in [-0.2, 0) is 11.2 Å². The van der Waals surface area contributed by atoms with Crippen molar-refractivity contribution in [3.8, 4) is 5.75 Å². The van der Waals surface area contributed by atoms with Crippen molar-refractivity contribution in [1.29, 1.82) is 0 Å². The number of ketones is 1. The van der Waals surface area contributed by atoms with E-state index in [4.69, 9.17) is 0 Å². The van der Waals surface area contributed by atoms with E-state index in [2.05, 4.69) is 37.2 Å². The summed E-state index contributed by atoms with van der Waals surface area (Å²) in [6.07, 6.45) is 0.604. The maximum Gasteiger partial charge on any atom is 0.152 e. The molecule has 1 atom stereocenters. The van der Waals surface area contributed by atoms with Gasteiger partial charge in [-0.3, -0.25) is 4.79 Å². The van der Waals surface area contributed by atoms with Gasteiger partial charge in [0.25, 0.3) is 0 Å². The fraction of sp³-hybridized carbons (Fsp3) is 0.533. The predicted octanol–water partition coefficient (Wildman–Crippen LogP) is 4.05. The molecule has 1 aromatic rings. The third-order valence-corrected chi connectivity index (χ3v) is 4.17. The summed E-state index contributed by atoms with van der Waals surface area (Å²) < 4.78 is 1.25. The largest absolute Gasteiger partial charge is 0.506 e. The van der Waals surface area contributed by atoms with Crippen LogP contribution in [0.15, 0.2) is 21.1 Å². The number of hydrogen-bond donors (Lipinski definition) is 2. The van der Waals surface area contributed by atoms with Crippen molar-refractivity contribution in [2.24, 2.45) is 5.92 Å². The number of rotatable bonds is 6. The molecule has 0 spiro atoms. The SMILES string of the molecule is CC(C)N[C@H](Cc1cc(Br)c(O)c(Br)c1)C(=O)C(C)C. The summed E-state index contributed by atoms with van der Waals surface area (Å²) in [7, 11) is 0. The fourth-order valence-electron chi connectivity index (χ4n) is 2.02. The number of Topliss-reactive ketones (excluding diaryl/α,β-unsaturated/α-hetero) is 1. The molecule has 0 heterocycles. The standard InChI is InChI=1S/C15H21Br2NO2/c1-8(2)14(19)13(18-9(3)4)7-10-5-11(16)15(20)12(17)6-10/h5-6,8-9,13,18,20H,7H2,1-4H3/t13-/m1/s1. The molecule has 0 bridgehead atoms. The third-order valence-electron chi connectivity index (χ3n) is 2.96. The Balaban J connectivity index is 2.97. The summed E-state index contributed by atoms with van der Waals surface area (Å²) in [6, 6.07) is 3.73. The van der Waals surface area contributed by atoms with E-state index in [1.165, 1.54) is 0 Å². The summed E-state index contributed by atoms with van der Waals surface area (Å²) in [5.41, 5.74) is 0.994. The van der Waals surface area contributed by atoms with E-state index in [0.717, 1.165) is 5.56 Å². The second-order valence-corrected chi connectivity index (χ2v) is 7.25. The zero-order chi connectivity index (χ0) is 15.4. The van der Waals surface area contributed by atoms with Gasteiger partial charge in [0.05, 0.1) is 15.0 Å². The van der Waals surface area contributed by atoms with Crippen LogP contribution in [-0.4, -0.2) is 23.0 Å². The molecule has 0 aromatic heterocycles. The van der Waals surface area contributed by atoms with Crippen LogP contribution in [0.3, 0.4) is 0 Å². The zero-order valence-corrected chi connectivity index (χ0v) is 15.4. The number of halogens is 2. The van der Waals surface area contributed by atoms with Crippen molar-refractivity contribution >= 4 is 37.6 Å². The maximum atomic E-state index is 12.3. The van der Waals surface area contributed by atoms with Gasteiger partial charge in [0, 0.05) is 12.0 Å². The first-order valence-corrected chi connectivity index (χ1v) is 8.27. The first-order chi connectivity index (χ1) is 9.22. The zero-order valence-electron chi connectivity index (χ0n) is 12.2. The van der Waals surface area contributed by atoms with E-state index >= 15 is 0 Å². The van der Waals surface area contributed by atoms with Crippen LogP contribution in [0.2, 0.25) is 0 Å². The van der Waals surface area contributed by atoms with Crippen molar-refractivity contribution < 1.29 is 9.90 Å². The highest BCUT2D eigenvalue weighted by Gasteiger charge is 2.22. The Morgan fingerprint density at radius 3 is 2.10 bits per heavy atom. The summed E-state index contributed by atoms with van der Waals surface area (Å²) in [6.45, 7) is 7.90. The lowest BCUT2D eigenvalue weighted by Crippen LogP contribution is -2.44. The molecule has 0 amide bonds. The Labute approximate surface area is 137 Å². The molecule has 2 N–H and O–H groups in total. The molecule has 5 heteroatoms. The lowest BCUT2D eigenvalue weighted by atomic mass is 9.95. The van der Waals surface area contributed by atoms with E-state index in [0.29, 0.717) is 15.4 Å². The van der Waals surface area contributed by atoms with Crippen molar-refractivity contribution in [2.45, 2.75) is 46.2 Å². The smallest absolute Gasteiger partial charge is 0.152 e. The Morgan fingerprint density at radius 1 is 1.20 bits per heavy atom. The van der Waals surface area contributed by atoms with Gasteiger partial charge >= 0.3 is 0 Å². The Bertz CT molecular complexity index is 464. The summed E-state index contributed by atoms with van der Waals surface area (Å²) in [5, 5.41) is 13.1. The molecule has 0 aliphatic carbocycles. The highest BCUT2D eigenvalue weighted by atomic mass is 79.9. The van der Waals surface area contributed by atoms with Crippen molar-refractivity contribution in [2.75, 3.05) is 0 Å². The average molecular weight is 407 g/mol. The molecule has 1 rings (SSSR count). The van der Waals surface area contributed by atoms with E-state index in [1.807, 2.05) is 39.8 Å². The fourth-order valence-corrected chi connectivity index (χ4v) is 3.30. The van der Waals surface area contributed by atoms with Crippen LogP contribution in [0.25, 0.3) is 0 Å². The summed E-state index contributed by atoms with van der Waals surface area (Å²) in [4.78, 5) is 12.3. The van der Waals surface area contributed by atoms with E-state index in [9.17, 15) is 9.90 Å². The van der Waals surface area contributed by atoms with E-state index < -0.39 is 0 Å². The number of nitrogens with one attached hydrogen (secondary N) is 1. The molecule has 20 heavy (non-hydrogen) atoms. The highest BCUT2D eigenvalue weighted by molar-refractivity contribution is 9.11. The second-order valence-electron chi connectivity index (χ2n) is 5.54. The molecule has 0 aliphatic heterocycles. The van der Waals surface area contributed by atoms with Gasteiger partial charge in [0.2, 0.25) is 0 Å². The topological polar surface area (TPSA) is 49.3 Å². The Morgan fingerprint density at radius 2 is 1.70 bits per heavy atom. The molecule has 112 valence electrons. The minimum Gasteiger partial charge on any atom is -0.506 e. The lowest BCUT2D eigenvalue weighted by molar-refractivity contribution is -0.124. The van der Waals surface area contributed by atoms with Crippen LogP contribution >= 0.6 is 31.9 Å². The number of carbonyl (C=O) groups is 1. The lowest BCUT2D eigenvalue weighted by Gasteiger charge is -2.22. The quantitative estimate of drug-likeness (QED) is 0.749. The summed E-state index contributed by atoms with van der Waals surface area (Å²) >= 11 is 6.64. The van der Waals surface area contributed by atoms with Gasteiger partial charge in [-0.15, -0.1) is 0 Å². The molecular formula is C15H21Br2NO2. The van der Waals surface area contributed by atoms with Crippen LogP contribution < -0.4 is 5.32 Å².